The number of ether oxygens (including phenoxy) is 1. The van der Waals surface area contributed by atoms with E-state index in [-0.39, 0.29) is 0 Å². The Hall–Kier alpha value is -1.89. The van der Waals surface area contributed by atoms with Gasteiger partial charge < -0.3 is 15.0 Å². The molecule has 0 unspecified atom stereocenters. The highest BCUT2D eigenvalue weighted by Gasteiger charge is 2.17. The number of aromatic nitrogens is 4. The molecule has 0 atom stereocenters. The zero-order valence-electron chi connectivity index (χ0n) is 11.3. The Kier molecular flexibility index (Phi) is 3.20. The van der Waals surface area contributed by atoms with Crippen molar-refractivity contribution in [1.82, 2.24) is 19.7 Å². The SMILES string of the molecule is CCNc1nc(N2CCOCC2)nc2c1cnn2C. The van der Waals surface area contributed by atoms with E-state index in [0.717, 1.165) is 55.6 Å². The summed E-state index contributed by atoms with van der Waals surface area (Å²) >= 11 is 0. The first kappa shape index (κ1) is 12.2. The molecule has 1 saturated heterocycles. The van der Waals surface area contributed by atoms with Crippen LogP contribution in [0.5, 0.6) is 0 Å². The molecule has 0 aromatic carbocycles. The number of anilines is 2. The molecule has 102 valence electrons. The van der Waals surface area contributed by atoms with Crippen LogP contribution >= 0.6 is 0 Å². The fourth-order valence-corrected chi connectivity index (χ4v) is 2.22. The van der Waals surface area contributed by atoms with Gasteiger partial charge in [-0.05, 0) is 6.92 Å². The van der Waals surface area contributed by atoms with Gasteiger partial charge in [0.15, 0.2) is 5.65 Å². The Morgan fingerprint density at radius 1 is 1.32 bits per heavy atom. The molecule has 0 saturated carbocycles. The topological polar surface area (TPSA) is 68.1 Å². The van der Waals surface area contributed by atoms with E-state index >= 15 is 0 Å². The van der Waals surface area contributed by atoms with Crippen LogP contribution in [0.1, 0.15) is 6.92 Å². The number of hydrogen-bond donors (Lipinski definition) is 1. The van der Waals surface area contributed by atoms with Crippen LogP contribution in [-0.4, -0.2) is 52.6 Å². The van der Waals surface area contributed by atoms with Crippen LogP contribution in [-0.2, 0) is 11.8 Å². The molecule has 2 aromatic heterocycles. The van der Waals surface area contributed by atoms with E-state index in [1.165, 1.54) is 0 Å². The molecule has 0 aliphatic carbocycles. The first-order valence-electron chi connectivity index (χ1n) is 6.56. The number of nitrogens with zero attached hydrogens (tertiary/aromatic N) is 5. The summed E-state index contributed by atoms with van der Waals surface area (Å²) in [7, 11) is 1.90. The lowest BCUT2D eigenvalue weighted by Crippen LogP contribution is -2.37. The molecule has 3 rings (SSSR count). The van der Waals surface area contributed by atoms with E-state index < -0.39 is 0 Å². The van der Waals surface area contributed by atoms with Crippen molar-refractivity contribution in [2.24, 2.45) is 7.05 Å². The number of aryl methyl sites for hydroxylation is 1. The predicted octanol–water partition coefficient (Wildman–Crippen LogP) is 0.632. The van der Waals surface area contributed by atoms with Crippen LogP contribution in [0.4, 0.5) is 11.8 Å². The number of morpholine rings is 1. The minimum Gasteiger partial charge on any atom is -0.378 e. The standard InChI is InChI=1S/C12H18N6O/c1-3-13-10-9-8-14-17(2)11(9)16-12(15-10)18-4-6-19-7-5-18/h8H,3-7H2,1-2H3,(H,13,15,16). The van der Waals surface area contributed by atoms with E-state index in [2.05, 4.69) is 32.2 Å². The van der Waals surface area contributed by atoms with Crippen molar-refractivity contribution >= 4 is 22.8 Å². The van der Waals surface area contributed by atoms with Crippen LogP contribution in [0.2, 0.25) is 0 Å². The molecule has 7 heteroatoms. The monoisotopic (exact) mass is 262 g/mol. The quantitative estimate of drug-likeness (QED) is 0.875. The summed E-state index contributed by atoms with van der Waals surface area (Å²) in [4.78, 5) is 11.4. The molecule has 0 spiro atoms. The average Bonchev–Trinajstić information content (AvgIpc) is 2.82. The Morgan fingerprint density at radius 2 is 2.11 bits per heavy atom. The second kappa shape index (κ2) is 5.00. The summed E-state index contributed by atoms with van der Waals surface area (Å²) in [5, 5.41) is 8.50. The van der Waals surface area contributed by atoms with Gasteiger partial charge in [-0.1, -0.05) is 0 Å². The van der Waals surface area contributed by atoms with E-state index in [9.17, 15) is 0 Å². The van der Waals surface area contributed by atoms with Crippen LogP contribution in [0.15, 0.2) is 6.20 Å². The third-order valence-corrected chi connectivity index (χ3v) is 3.22. The summed E-state index contributed by atoms with van der Waals surface area (Å²) in [6, 6.07) is 0. The predicted molar refractivity (Wildman–Crippen MR) is 73.5 cm³/mol. The van der Waals surface area contributed by atoms with E-state index in [1.54, 1.807) is 10.9 Å². The third kappa shape index (κ3) is 2.21. The van der Waals surface area contributed by atoms with Gasteiger partial charge in [0.25, 0.3) is 0 Å². The van der Waals surface area contributed by atoms with Gasteiger partial charge in [-0.3, -0.25) is 4.68 Å². The summed E-state index contributed by atoms with van der Waals surface area (Å²) in [6.07, 6.45) is 1.80. The van der Waals surface area contributed by atoms with Crippen LogP contribution in [0, 0.1) is 0 Å². The van der Waals surface area contributed by atoms with Gasteiger partial charge in [0.05, 0.1) is 24.8 Å². The van der Waals surface area contributed by atoms with Gasteiger partial charge >= 0.3 is 0 Å². The van der Waals surface area contributed by atoms with Crippen LogP contribution in [0.3, 0.4) is 0 Å². The molecule has 19 heavy (non-hydrogen) atoms. The smallest absolute Gasteiger partial charge is 0.229 e. The molecule has 1 aliphatic rings. The summed E-state index contributed by atoms with van der Waals surface area (Å²) in [5.41, 5.74) is 0.854. The highest BCUT2D eigenvalue weighted by Crippen LogP contribution is 2.23. The zero-order chi connectivity index (χ0) is 13.2. The number of nitrogens with one attached hydrogen (secondary N) is 1. The number of rotatable bonds is 3. The maximum absolute atomic E-state index is 5.36. The van der Waals surface area contributed by atoms with E-state index in [1.807, 2.05) is 7.05 Å². The first-order chi connectivity index (χ1) is 9.29. The molecule has 1 N–H and O–H groups in total. The Bertz CT molecular complexity index is 575. The molecule has 7 nitrogen and oxygen atoms in total. The van der Waals surface area contributed by atoms with Gasteiger partial charge in [0.1, 0.15) is 5.82 Å². The second-order valence-corrected chi connectivity index (χ2v) is 4.51. The van der Waals surface area contributed by atoms with Crippen molar-refractivity contribution < 1.29 is 4.74 Å². The van der Waals surface area contributed by atoms with Gasteiger partial charge in [0.2, 0.25) is 5.95 Å². The van der Waals surface area contributed by atoms with Crippen molar-refractivity contribution in [3.05, 3.63) is 6.20 Å². The van der Waals surface area contributed by atoms with Crippen LogP contribution < -0.4 is 10.2 Å². The van der Waals surface area contributed by atoms with Gasteiger partial charge in [-0.25, -0.2) is 0 Å². The fourth-order valence-electron chi connectivity index (χ4n) is 2.22. The third-order valence-electron chi connectivity index (χ3n) is 3.22. The average molecular weight is 262 g/mol. The number of fused-ring (bicyclic) bond motifs is 1. The van der Waals surface area contributed by atoms with E-state index in [0.29, 0.717) is 0 Å². The van der Waals surface area contributed by atoms with Crippen molar-refractivity contribution in [1.29, 1.82) is 0 Å². The molecule has 1 fully saturated rings. The van der Waals surface area contributed by atoms with Crippen molar-refractivity contribution in [3.8, 4) is 0 Å². The van der Waals surface area contributed by atoms with Crippen LogP contribution in [0.25, 0.3) is 11.0 Å². The molecular weight excluding hydrogens is 244 g/mol. The number of hydrogen-bond acceptors (Lipinski definition) is 6. The van der Waals surface area contributed by atoms with Crippen molar-refractivity contribution in [2.45, 2.75) is 6.92 Å². The van der Waals surface area contributed by atoms with E-state index in [4.69, 9.17) is 4.74 Å². The molecule has 0 bridgehead atoms. The lowest BCUT2D eigenvalue weighted by Gasteiger charge is -2.27. The zero-order valence-corrected chi connectivity index (χ0v) is 11.3. The van der Waals surface area contributed by atoms with Crippen molar-refractivity contribution in [3.63, 3.8) is 0 Å². The maximum Gasteiger partial charge on any atom is 0.229 e. The minimum absolute atomic E-state index is 0.726. The molecule has 2 aromatic rings. The highest BCUT2D eigenvalue weighted by atomic mass is 16.5. The highest BCUT2D eigenvalue weighted by molar-refractivity contribution is 5.87. The van der Waals surface area contributed by atoms with Gasteiger partial charge in [-0.15, -0.1) is 0 Å². The van der Waals surface area contributed by atoms with Gasteiger partial charge in [-0.2, -0.15) is 15.1 Å². The van der Waals surface area contributed by atoms with Crippen molar-refractivity contribution in [2.75, 3.05) is 43.1 Å². The normalized spacial score (nSPS) is 16.0. The molecular formula is C12H18N6O. The maximum atomic E-state index is 5.36. The molecule has 0 radical (unpaired) electrons. The largest absolute Gasteiger partial charge is 0.378 e. The minimum atomic E-state index is 0.726. The Labute approximate surface area is 111 Å². The summed E-state index contributed by atoms with van der Waals surface area (Å²) in [6.45, 7) is 5.98. The summed E-state index contributed by atoms with van der Waals surface area (Å²) < 4.78 is 7.14. The first-order valence-corrected chi connectivity index (χ1v) is 6.56. The Balaban J connectivity index is 2.06. The second-order valence-electron chi connectivity index (χ2n) is 4.51. The fraction of sp³-hybridized carbons (Fsp3) is 0.583. The van der Waals surface area contributed by atoms with Gasteiger partial charge in [0, 0.05) is 26.7 Å². The molecule has 3 heterocycles. The lowest BCUT2D eigenvalue weighted by atomic mass is 10.3. The summed E-state index contributed by atoms with van der Waals surface area (Å²) in [5.74, 6) is 1.59. The lowest BCUT2D eigenvalue weighted by molar-refractivity contribution is 0.122. The Morgan fingerprint density at radius 3 is 2.84 bits per heavy atom. The molecule has 1 aliphatic heterocycles. The molecule has 0 amide bonds.